The topological polar surface area (TPSA) is 69.9 Å². The van der Waals surface area contributed by atoms with Crippen molar-refractivity contribution < 1.29 is 22.7 Å². The Hall–Kier alpha value is -2.45. The summed E-state index contributed by atoms with van der Waals surface area (Å²) < 4.78 is 42.3. The maximum absolute atomic E-state index is 12.3. The van der Waals surface area contributed by atoms with E-state index >= 15 is 0 Å². The third kappa shape index (κ3) is 2.69. The van der Waals surface area contributed by atoms with E-state index in [9.17, 15) is 18.0 Å². The van der Waals surface area contributed by atoms with E-state index in [1.165, 1.54) is 25.4 Å². The summed E-state index contributed by atoms with van der Waals surface area (Å²) in [6.07, 6.45) is -2.55. The Labute approximate surface area is 104 Å². The van der Waals surface area contributed by atoms with E-state index in [0.29, 0.717) is 0 Å². The van der Waals surface area contributed by atoms with Crippen LogP contribution in [0.5, 0.6) is 0 Å². The van der Waals surface area contributed by atoms with Crippen LogP contribution in [0.4, 0.5) is 13.2 Å². The van der Waals surface area contributed by atoms with E-state index < -0.39 is 18.0 Å². The number of hydrogen-bond donors (Lipinski definition) is 0. The van der Waals surface area contributed by atoms with Crippen LogP contribution in [0.25, 0.3) is 5.82 Å². The van der Waals surface area contributed by atoms with Crippen LogP contribution < -0.4 is 0 Å². The Kier molecular flexibility index (Phi) is 3.19. The Morgan fingerprint density at radius 1 is 1.32 bits per heavy atom. The van der Waals surface area contributed by atoms with E-state index in [-0.39, 0.29) is 11.4 Å². The van der Waals surface area contributed by atoms with E-state index in [2.05, 4.69) is 19.8 Å². The Balaban J connectivity index is 2.28. The first-order valence-electron chi connectivity index (χ1n) is 4.95. The lowest BCUT2D eigenvalue weighted by Crippen LogP contribution is -2.09. The van der Waals surface area contributed by atoms with Gasteiger partial charge in [0.15, 0.2) is 5.82 Å². The Bertz CT molecular complexity index is 592. The van der Waals surface area contributed by atoms with Gasteiger partial charge in [-0.1, -0.05) is 0 Å². The van der Waals surface area contributed by atoms with Crippen LogP contribution in [0.15, 0.2) is 24.7 Å². The van der Waals surface area contributed by atoms with Gasteiger partial charge in [0.05, 0.1) is 12.7 Å². The molecule has 6 nitrogen and oxygen atoms in total. The molecule has 2 aromatic rings. The third-order valence-corrected chi connectivity index (χ3v) is 2.15. The van der Waals surface area contributed by atoms with E-state index in [4.69, 9.17) is 0 Å². The van der Waals surface area contributed by atoms with Crippen molar-refractivity contribution in [2.24, 2.45) is 0 Å². The minimum atomic E-state index is -4.61. The zero-order chi connectivity index (χ0) is 14.0. The molecular weight excluding hydrogens is 265 g/mol. The van der Waals surface area contributed by atoms with Gasteiger partial charge in [0.2, 0.25) is 0 Å². The van der Waals surface area contributed by atoms with E-state index in [1.807, 2.05) is 0 Å². The smallest absolute Gasteiger partial charge is 0.453 e. The zero-order valence-corrected chi connectivity index (χ0v) is 9.55. The van der Waals surface area contributed by atoms with Gasteiger partial charge in [-0.3, -0.25) is 0 Å². The molecule has 0 aliphatic carbocycles. The molecule has 9 heteroatoms. The molecule has 0 saturated heterocycles. The number of halogens is 3. The van der Waals surface area contributed by atoms with Crippen LogP contribution in [0, 0.1) is 0 Å². The van der Waals surface area contributed by atoms with Gasteiger partial charge in [-0.05, 0) is 12.1 Å². The second-order valence-electron chi connectivity index (χ2n) is 3.41. The summed E-state index contributed by atoms with van der Waals surface area (Å²) in [5.74, 6) is -1.74. The van der Waals surface area contributed by atoms with Gasteiger partial charge in [-0.2, -0.15) is 13.2 Å². The number of nitrogens with zero attached hydrogens (tertiary/aromatic N) is 4. The summed E-state index contributed by atoms with van der Waals surface area (Å²) in [5.41, 5.74) is 0.183. The van der Waals surface area contributed by atoms with Crippen LogP contribution in [-0.4, -0.2) is 32.8 Å². The molecule has 0 aromatic carbocycles. The summed E-state index contributed by atoms with van der Waals surface area (Å²) in [6, 6.07) is 2.70. The summed E-state index contributed by atoms with van der Waals surface area (Å²) in [5, 5.41) is 3.25. The molecule has 2 heterocycles. The lowest BCUT2D eigenvalue weighted by molar-refractivity contribution is -0.144. The first-order chi connectivity index (χ1) is 8.91. The normalized spacial score (nSPS) is 11.4. The Morgan fingerprint density at radius 2 is 2.05 bits per heavy atom. The van der Waals surface area contributed by atoms with Crippen molar-refractivity contribution >= 4 is 5.97 Å². The average molecular weight is 272 g/mol. The Morgan fingerprint density at radius 3 is 2.53 bits per heavy atom. The summed E-state index contributed by atoms with van der Waals surface area (Å²) >= 11 is 0. The van der Waals surface area contributed by atoms with Crippen molar-refractivity contribution in [2.45, 2.75) is 6.18 Å². The molecule has 2 aromatic heterocycles. The number of pyridine rings is 1. The highest BCUT2D eigenvalue weighted by atomic mass is 19.4. The number of rotatable bonds is 2. The molecule has 0 spiro atoms. The largest absolute Gasteiger partial charge is 0.465 e. The number of hydrogen-bond acceptors (Lipinski definition) is 5. The summed E-state index contributed by atoms with van der Waals surface area (Å²) in [6.45, 7) is 0. The van der Waals surface area contributed by atoms with Gasteiger partial charge in [0, 0.05) is 6.20 Å². The number of alkyl halides is 3. The van der Waals surface area contributed by atoms with Crippen molar-refractivity contribution in [1.82, 2.24) is 19.7 Å². The van der Waals surface area contributed by atoms with Gasteiger partial charge in [-0.25, -0.2) is 19.4 Å². The molecule has 0 fully saturated rings. The molecule has 100 valence electrons. The summed E-state index contributed by atoms with van der Waals surface area (Å²) in [7, 11) is 1.21. The molecule has 19 heavy (non-hydrogen) atoms. The fraction of sp³-hybridized carbons (Fsp3) is 0.200. The molecule has 0 amide bonds. The maximum Gasteiger partial charge on any atom is 0.453 e. The van der Waals surface area contributed by atoms with Crippen molar-refractivity contribution in [2.75, 3.05) is 7.11 Å². The number of aromatic nitrogens is 4. The highest BCUT2D eigenvalue weighted by Crippen LogP contribution is 2.25. The quantitative estimate of drug-likeness (QED) is 0.774. The van der Waals surface area contributed by atoms with Gasteiger partial charge in [-0.15, -0.1) is 5.10 Å². The predicted octanol–water partition coefficient (Wildman–Crippen LogP) is 1.47. The van der Waals surface area contributed by atoms with Crippen molar-refractivity contribution in [3.63, 3.8) is 0 Å². The standard InChI is InChI=1S/C10H7F3N4O2/c1-19-8(18)6-2-3-7(14-4-6)17-5-15-9(16-17)10(11,12)13/h2-5H,1H3. The van der Waals surface area contributed by atoms with Crippen LogP contribution in [-0.2, 0) is 10.9 Å². The maximum atomic E-state index is 12.3. The van der Waals surface area contributed by atoms with Gasteiger partial charge in [0.1, 0.15) is 6.33 Å². The summed E-state index contributed by atoms with van der Waals surface area (Å²) in [4.78, 5) is 18.1. The molecule has 2 rings (SSSR count). The second kappa shape index (κ2) is 4.67. The molecule has 0 aliphatic rings. The second-order valence-corrected chi connectivity index (χ2v) is 3.41. The van der Waals surface area contributed by atoms with Crippen LogP contribution in [0.1, 0.15) is 16.2 Å². The molecule has 0 aliphatic heterocycles. The molecule has 0 unspecified atom stereocenters. The molecule has 0 saturated carbocycles. The molecular formula is C10H7F3N4O2. The lowest BCUT2D eigenvalue weighted by Gasteiger charge is -2.02. The minimum Gasteiger partial charge on any atom is -0.465 e. The zero-order valence-electron chi connectivity index (χ0n) is 9.55. The fourth-order valence-corrected chi connectivity index (χ4v) is 1.26. The minimum absolute atomic E-state index is 0.107. The van der Waals surface area contributed by atoms with Crippen LogP contribution in [0.2, 0.25) is 0 Å². The third-order valence-electron chi connectivity index (χ3n) is 2.15. The number of carbonyl (C=O) groups excluding carboxylic acids is 1. The van der Waals surface area contributed by atoms with E-state index in [0.717, 1.165) is 11.0 Å². The van der Waals surface area contributed by atoms with Crippen LogP contribution in [0.3, 0.4) is 0 Å². The predicted molar refractivity (Wildman–Crippen MR) is 55.5 cm³/mol. The van der Waals surface area contributed by atoms with Crippen molar-refractivity contribution in [1.29, 1.82) is 0 Å². The van der Waals surface area contributed by atoms with Crippen molar-refractivity contribution in [3.05, 3.63) is 36.0 Å². The average Bonchev–Trinajstić information content (AvgIpc) is 2.87. The highest BCUT2D eigenvalue weighted by Gasteiger charge is 2.35. The number of ether oxygens (including phenoxy) is 1. The van der Waals surface area contributed by atoms with Gasteiger partial charge >= 0.3 is 12.1 Å². The SMILES string of the molecule is COC(=O)c1ccc(-n2cnc(C(F)(F)F)n2)nc1. The lowest BCUT2D eigenvalue weighted by atomic mass is 10.3. The van der Waals surface area contributed by atoms with Gasteiger partial charge < -0.3 is 4.74 Å². The number of methoxy groups -OCH3 is 1. The molecule has 0 radical (unpaired) electrons. The van der Waals surface area contributed by atoms with Crippen molar-refractivity contribution in [3.8, 4) is 5.82 Å². The fourth-order valence-electron chi connectivity index (χ4n) is 1.26. The van der Waals surface area contributed by atoms with E-state index in [1.54, 1.807) is 0 Å². The van der Waals surface area contributed by atoms with Gasteiger partial charge in [0.25, 0.3) is 5.82 Å². The number of carbonyl (C=O) groups is 1. The number of esters is 1. The molecule has 0 N–H and O–H groups in total. The first kappa shape index (κ1) is 13.0. The molecule has 0 bridgehead atoms. The molecule has 0 atom stereocenters. The monoisotopic (exact) mass is 272 g/mol. The van der Waals surface area contributed by atoms with Crippen LogP contribution >= 0.6 is 0 Å². The highest BCUT2D eigenvalue weighted by molar-refractivity contribution is 5.88. The first-order valence-corrected chi connectivity index (χ1v) is 4.95.